The SMILES string of the molecule is ClCc1ncc2c(n1)CCOC2. The molecule has 0 unspecified atom stereocenters. The third-order valence-corrected chi connectivity index (χ3v) is 2.10. The molecule has 3 nitrogen and oxygen atoms in total. The normalized spacial score (nSPS) is 15.8. The van der Waals surface area contributed by atoms with E-state index >= 15 is 0 Å². The number of rotatable bonds is 1. The number of hydrogen-bond acceptors (Lipinski definition) is 3. The number of ether oxygens (including phenoxy) is 1. The van der Waals surface area contributed by atoms with Crippen LogP contribution in [0.4, 0.5) is 0 Å². The molecule has 0 saturated carbocycles. The third kappa shape index (κ3) is 1.42. The minimum absolute atomic E-state index is 0.383. The van der Waals surface area contributed by atoms with Crippen molar-refractivity contribution in [2.24, 2.45) is 0 Å². The molecule has 0 spiro atoms. The highest BCUT2D eigenvalue weighted by Gasteiger charge is 2.11. The van der Waals surface area contributed by atoms with Crippen molar-refractivity contribution in [3.05, 3.63) is 23.3 Å². The summed E-state index contributed by atoms with van der Waals surface area (Å²) in [5.74, 6) is 1.09. The van der Waals surface area contributed by atoms with Gasteiger partial charge in [0.15, 0.2) is 0 Å². The first-order valence-corrected chi connectivity index (χ1v) is 4.41. The van der Waals surface area contributed by atoms with Crippen LogP contribution in [-0.4, -0.2) is 16.6 Å². The van der Waals surface area contributed by atoms with Crippen LogP contribution in [0.15, 0.2) is 6.20 Å². The van der Waals surface area contributed by atoms with E-state index in [0.717, 1.165) is 24.3 Å². The molecular weight excluding hydrogens is 176 g/mol. The van der Waals surface area contributed by atoms with E-state index < -0.39 is 0 Å². The lowest BCUT2D eigenvalue weighted by Gasteiger charge is -2.14. The minimum Gasteiger partial charge on any atom is -0.376 e. The van der Waals surface area contributed by atoms with Crippen LogP contribution in [0.5, 0.6) is 0 Å². The molecule has 0 atom stereocenters. The van der Waals surface area contributed by atoms with Crippen molar-refractivity contribution < 1.29 is 4.74 Å². The number of halogens is 1. The van der Waals surface area contributed by atoms with Crippen LogP contribution < -0.4 is 0 Å². The smallest absolute Gasteiger partial charge is 0.143 e. The second-order valence-corrected chi connectivity index (χ2v) is 2.96. The van der Waals surface area contributed by atoms with Gasteiger partial charge in [-0.3, -0.25) is 0 Å². The second kappa shape index (κ2) is 3.37. The molecule has 1 aliphatic rings. The number of hydrogen-bond donors (Lipinski definition) is 0. The topological polar surface area (TPSA) is 35.0 Å². The van der Waals surface area contributed by atoms with Gasteiger partial charge in [0.05, 0.1) is 24.8 Å². The highest BCUT2D eigenvalue weighted by molar-refractivity contribution is 6.16. The number of aromatic nitrogens is 2. The van der Waals surface area contributed by atoms with Crippen molar-refractivity contribution in [1.29, 1.82) is 0 Å². The van der Waals surface area contributed by atoms with Crippen LogP contribution >= 0.6 is 11.6 Å². The molecular formula is C8H9ClN2O. The van der Waals surface area contributed by atoms with E-state index in [2.05, 4.69) is 9.97 Å². The Hall–Kier alpha value is -0.670. The quantitative estimate of drug-likeness (QED) is 0.617. The summed E-state index contributed by atoms with van der Waals surface area (Å²) in [5.41, 5.74) is 2.18. The van der Waals surface area contributed by atoms with Crippen molar-refractivity contribution in [3.63, 3.8) is 0 Å². The molecule has 64 valence electrons. The van der Waals surface area contributed by atoms with Crippen molar-refractivity contribution in [1.82, 2.24) is 9.97 Å². The number of fused-ring (bicyclic) bond motifs is 1. The van der Waals surface area contributed by atoms with Gasteiger partial charge < -0.3 is 4.74 Å². The summed E-state index contributed by atoms with van der Waals surface area (Å²) >= 11 is 5.61. The van der Waals surface area contributed by atoms with Gasteiger partial charge in [-0.15, -0.1) is 11.6 Å². The first-order chi connectivity index (χ1) is 5.90. The Morgan fingerprint density at radius 1 is 1.58 bits per heavy atom. The largest absolute Gasteiger partial charge is 0.376 e. The first kappa shape index (κ1) is 7.95. The van der Waals surface area contributed by atoms with Gasteiger partial charge in [0, 0.05) is 18.2 Å². The van der Waals surface area contributed by atoms with E-state index in [-0.39, 0.29) is 0 Å². The van der Waals surface area contributed by atoms with Crippen LogP contribution in [0, 0.1) is 0 Å². The van der Waals surface area contributed by atoms with Gasteiger partial charge in [0.2, 0.25) is 0 Å². The van der Waals surface area contributed by atoms with Gasteiger partial charge >= 0.3 is 0 Å². The van der Waals surface area contributed by atoms with E-state index in [1.807, 2.05) is 0 Å². The van der Waals surface area contributed by atoms with Gasteiger partial charge in [-0.25, -0.2) is 9.97 Å². The predicted molar refractivity (Wildman–Crippen MR) is 44.9 cm³/mol. The Kier molecular flexibility index (Phi) is 2.23. The van der Waals surface area contributed by atoms with Crippen molar-refractivity contribution in [3.8, 4) is 0 Å². The molecule has 12 heavy (non-hydrogen) atoms. The van der Waals surface area contributed by atoms with Crippen LogP contribution in [0.3, 0.4) is 0 Å². The van der Waals surface area contributed by atoms with Crippen molar-refractivity contribution in [2.45, 2.75) is 18.9 Å². The lowest BCUT2D eigenvalue weighted by molar-refractivity contribution is 0.108. The molecule has 1 aromatic rings. The maximum Gasteiger partial charge on any atom is 0.143 e. The molecule has 1 aliphatic heterocycles. The highest BCUT2D eigenvalue weighted by Crippen LogP contribution is 2.13. The summed E-state index contributed by atoms with van der Waals surface area (Å²) in [6, 6.07) is 0. The van der Waals surface area contributed by atoms with Gasteiger partial charge in [-0.2, -0.15) is 0 Å². The maximum atomic E-state index is 5.61. The second-order valence-electron chi connectivity index (χ2n) is 2.69. The zero-order valence-electron chi connectivity index (χ0n) is 6.59. The molecule has 0 aromatic carbocycles. The van der Waals surface area contributed by atoms with Crippen LogP contribution in [0.1, 0.15) is 17.1 Å². The zero-order chi connectivity index (χ0) is 8.39. The van der Waals surface area contributed by atoms with Crippen LogP contribution in [0.25, 0.3) is 0 Å². The van der Waals surface area contributed by atoms with E-state index in [1.165, 1.54) is 0 Å². The Bertz CT molecular complexity index is 290. The Morgan fingerprint density at radius 3 is 3.33 bits per heavy atom. The summed E-state index contributed by atoms with van der Waals surface area (Å²) in [7, 11) is 0. The average Bonchev–Trinajstić information content (AvgIpc) is 2.17. The Balaban J connectivity index is 2.36. The average molecular weight is 185 g/mol. The lowest BCUT2D eigenvalue weighted by Crippen LogP contribution is -2.13. The standard InChI is InChI=1S/C8H9ClN2O/c9-3-8-10-4-6-5-12-2-1-7(6)11-8/h4H,1-3,5H2. The summed E-state index contributed by atoms with van der Waals surface area (Å²) in [6.45, 7) is 1.39. The molecule has 0 fully saturated rings. The van der Waals surface area contributed by atoms with E-state index in [4.69, 9.17) is 16.3 Å². The van der Waals surface area contributed by atoms with E-state index in [0.29, 0.717) is 18.3 Å². The van der Waals surface area contributed by atoms with Gasteiger partial charge in [-0.05, 0) is 0 Å². The zero-order valence-corrected chi connectivity index (χ0v) is 7.34. The third-order valence-electron chi connectivity index (χ3n) is 1.86. The molecule has 0 amide bonds. The molecule has 0 bridgehead atoms. The minimum atomic E-state index is 0.383. The summed E-state index contributed by atoms with van der Waals surface area (Å²) in [4.78, 5) is 8.40. The fraction of sp³-hybridized carbons (Fsp3) is 0.500. The molecule has 1 aromatic heterocycles. The Labute approximate surface area is 75.7 Å². The molecule has 0 radical (unpaired) electrons. The van der Waals surface area contributed by atoms with Gasteiger partial charge in [0.1, 0.15) is 5.82 Å². The first-order valence-electron chi connectivity index (χ1n) is 3.87. The molecule has 0 aliphatic carbocycles. The monoisotopic (exact) mass is 184 g/mol. The van der Waals surface area contributed by atoms with Gasteiger partial charge in [0.25, 0.3) is 0 Å². The maximum absolute atomic E-state index is 5.61. The highest BCUT2D eigenvalue weighted by atomic mass is 35.5. The summed E-state index contributed by atoms with van der Waals surface area (Å²) in [6.07, 6.45) is 2.68. The lowest BCUT2D eigenvalue weighted by atomic mass is 10.1. The van der Waals surface area contributed by atoms with Crippen molar-refractivity contribution in [2.75, 3.05) is 6.61 Å². The van der Waals surface area contributed by atoms with E-state index in [1.54, 1.807) is 6.20 Å². The molecule has 2 heterocycles. The molecule has 0 saturated heterocycles. The molecule has 2 rings (SSSR count). The Morgan fingerprint density at radius 2 is 2.50 bits per heavy atom. The molecule has 4 heteroatoms. The summed E-state index contributed by atoms with van der Waals surface area (Å²) in [5, 5.41) is 0. The fourth-order valence-electron chi connectivity index (χ4n) is 1.24. The van der Waals surface area contributed by atoms with Crippen LogP contribution in [-0.2, 0) is 23.6 Å². The van der Waals surface area contributed by atoms with Crippen molar-refractivity contribution >= 4 is 11.6 Å². The van der Waals surface area contributed by atoms with Crippen LogP contribution in [0.2, 0.25) is 0 Å². The fourth-order valence-corrected chi connectivity index (χ4v) is 1.36. The number of nitrogens with zero attached hydrogens (tertiary/aromatic N) is 2. The molecule has 0 N–H and O–H groups in total. The number of alkyl halides is 1. The van der Waals surface area contributed by atoms with E-state index in [9.17, 15) is 0 Å². The van der Waals surface area contributed by atoms with Gasteiger partial charge in [-0.1, -0.05) is 0 Å². The summed E-state index contributed by atoms with van der Waals surface area (Å²) < 4.78 is 5.26. The predicted octanol–water partition coefficient (Wildman–Crippen LogP) is 1.29.